The molecule has 0 saturated heterocycles. The van der Waals surface area contributed by atoms with Gasteiger partial charge >= 0.3 is 0 Å². The second-order valence-corrected chi connectivity index (χ2v) is 5.31. The fourth-order valence-corrected chi connectivity index (χ4v) is 2.40. The lowest BCUT2D eigenvalue weighted by atomic mass is 10.1. The van der Waals surface area contributed by atoms with E-state index in [-0.39, 0.29) is 18.7 Å². The van der Waals surface area contributed by atoms with Crippen LogP contribution in [0.2, 0.25) is 5.02 Å². The van der Waals surface area contributed by atoms with Gasteiger partial charge in [-0.05, 0) is 6.07 Å². The van der Waals surface area contributed by atoms with Crippen molar-refractivity contribution < 1.29 is 14.8 Å². The van der Waals surface area contributed by atoms with Crippen molar-refractivity contribution in [2.75, 3.05) is 6.54 Å². The number of para-hydroxylation sites is 1. The Balaban J connectivity index is 1.96. The minimum atomic E-state index is -0.946. The van der Waals surface area contributed by atoms with Crippen molar-refractivity contribution >= 4 is 23.2 Å². The zero-order valence-electron chi connectivity index (χ0n) is 12.1. The molecule has 0 fully saturated rings. The minimum absolute atomic E-state index is 0.0246. The summed E-state index contributed by atoms with van der Waals surface area (Å²) in [6.07, 6.45) is -1.08. The predicted molar refractivity (Wildman–Crippen MR) is 86.2 cm³/mol. The smallest absolute Gasteiger partial charge is 0.273 e. The quantitative estimate of drug-likeness (QED) is 0.627. The summed E-state index contributed by atoms with van der Waals surface area (Å²) < 4.78 is 0. The highest BCUT2D eigenvalue weighted by molar-refractivity contribution is 6.31. The molecule has 0 heterocycles. The van der Waals surface area contributed by atoms with Crippen molar-refractivity contribution in [2.45, 2.75) is 12.5 Å². The lowest BCUT2D eigenvalue weighted by Crippen LogP contribution is -2.29. The number of aliphatic hydroxyl groups excluding tert-OH is 1. The lowest BCUT2D eigenvalue weighted by Gasteiger charge is -2.13. The van der Waals surface area contributed by atoms with Gasteiger partial charge < -0.3 is 10.4 Å². The monoisotopic (exact) mass is 334 g/mol. The lowest BCUT2D eigenvalue weighted by molar-refractivity contribution is -0.385. The molecule has 0 spiro atoms. The summed E-state index contributed by atoms with van der Waals surface area (Å²) >= 11 is 5.97. The van der Waals surface area contributed by atoms with Gasteiger partial charge in [-0.3, -0.25) is 14.9 Å². The Morgan fingerprint density at radius 2 is 1.87 bits per heavy atom. The molecular weight excluding hydrogens is 320 g/mol. The molecule has 7 heteroatoms. The molecule has 0 unspecified atom stereocenters. The van der Waals surface area contributed by atoms with Gasteiger partial charge in [0.15, 0.2) is 0 Å². The fourth-order valence-electron chi connectivity index (χ4n) is 2.14. The van der Waals surface area contributed by atoms with Crippen molar-refractivity contribution in [3.05, 3.63) is 74.8 Å². The number of aliphatic hydroxyl groups is 1. The zero-order valence-corrected chi connectivity index (χ0v) is 12.9. The van der Waals surface area contributed by atoms with Crippen LogP contribution in [-0.4, -0.2) is 22.5 Å². The van der Waals surface area contributed by atoms with Gasteiger partial charge in [0.05, 0.1) is 17.4 Å². The normalized spacial score (nSPS) is 11.7. The van der Waals surface area contributed by atoms with E-state index in [1.54, 1.807) is 36.4 Å². The first-order chi connectivity index (χ1) is 11.0. The van der Waals surface area contributed by atoms with Crippen molar-refractivity contribution in [2.24, 2.45) is 0 Å². The van der Waals surface area contributed by atoms with E-state index in [1.165, 1.54) is 12.1 Å². The zero-order chi connectivity index (χ0) is 16.8. The molecule has 2 rings (SSSR count). The summed E-state index contributed by atoms with van der Waals surface area (Å²) in [5, 5.41) is 23.9. The van der Waals surface area contributed by atoms with Gasteiger partial charge in [0.2, 0.25) is 5.91 Å². The van der Waals surface area contributed by atoms with Gasteiger partial charge in [0.1, 0.15) is 0 Å². The molecule has 0 aliphatic rings. The molecule has 23 heavy (non-hydrogen) atoms. The fraction of sp³-hybridized carbons (Fsp3) is 0.188. The van der Waals surface area contributed by atoms with E-state index in [9.17, 15) is 20.0 Å². The number of hydrogen-bond acceptors (Lipinski definition) is 4. The summed E-state index contributed by atoms with van der Waals surface area (Å²) in [5.41, 5.74) is 0.733. The molecule has 1 atom stereocenters. The number of nitro benzene ring substituents is 1. The second kappa shape index (κ2) is 7.71. The van der Waals surface area contributed by atoms with Crippen LogP contribution in [0.4, 0.5) is 5.69 Å². The van der Waals surface area contributed by atoms with Crippen LogP contribution < -0.4 is 5.32 Å². The van der Waals surface area contributed by atoms with Gasteiger partial charge in [-0.15, -0.1) is 0 Å². The topological polar surface area (TPSA) is 92.5 Å². The molecule has 2 aromatic carbocycles. The molecule has 0 saturated carbocycles. The van der Waals surface area contributed by atoms with Crippen molar-refractivity contribution in [3.8, 4) is 0 Å². The summed E-state index contributed by atoms with van der Waals surface area (Å²) in [4.78, 5) is 22.3. The highest BCUT2D eigenvalue weighted by Gasteiger charge is 2.17. The van der Waals surface area contributed by atoms with Gasteiger partial charge in [-0.2, -0.15) is 0 Å². The van der Waals surface area contributed by atoms with Crippen LogP contribution >= 0.6 is 11.6 Å². The number of halogens is 1. The number of carbonyl (C=O) groups is 1. The third-order valence-electron chi connectivity index (χ3n) is 3.30. The van der Waals surface area contributed by atoms with E-state index in [4.69, 9.17) is 11.6 Å². The first-order valence-corrected chi connectivity index (χ1v) is 7.28. The predicted octanol–water partition coefficient (Wildman–Crippen LogP) is 2.64. The first kappa shape index (κ1) is 16.9. The van der Waals surface area contributed by atoms with Gasteiger partial charge in [-0.25, -0.2) is 0 Å². The molecule has 0 aliphatic heterocycles. The van der Waals surface area contributed by atoms with E-state index in [2.05, 4.69) is 5.32 Å². The summed E-state index contributed by atoms with van der Waals surface area (Å²) in [6.45, 7) is -0.0246. The average molecular weight is 335 g/mol. The molecule has 0 aliphatic carbocycles. The first-order valence-electron chi connectivity index (χ1n) is 6.90. The third-order valence-corrected chi connectivity index (χ3v) is 3.64. The van der Waals surface area contributed by atoms with Gasteiger partial charge in [0.25, 0.3) is 5.69 Å². The summed E-state index contributed by atoms with van der Waals surface area (Å²) in [7, 11) is 0. The third kappa shape index (κ3) is 4.51. The molecule has 2 N–H and O–H groups in total. The molecule has 1 amide bonds. The number of nitrogens with one attached hydrogen (secondary N) is 1. The van der Waals surface area contributed by atoms with E-state index in [1.807, 2.05) is 0 Å². The molecule has 120 valence electrons. The SMILES string of the molecule is O=C(Cc1ccccc1[N+](=O)[O-])NC[C@@H](O)c1ccccc1Cl. The molecule has 0 radical (unpaired) electrons. The Morgan fingerprint density at radius 3 is 2.57 bits per heavy atom. The van der Waals surface area contributed by atoms with Crippen LogP contribution in [0.5, 0.6) is 0 Å². The van der Waals surface area contributed by atoms with E-state index < -0.39 is 16.9 Å². The van der Waals surface area contributed by atoms with E-state index >= 15 is 0 Å². The Hall–Kier alpha value is -2.44. The van der Waals surface area contributed by atoms with E-state index in [0.717, 1.165) is 0 Å². The Morgan fingerprint density at radius 1 is 1.22 bits per heavy atom. The second-order valence-electron chi connectivity index (χ2n) is 4.90. The highest BCUT2D eigenvalue weighted by Crippen LogP contribution is 2.22. The van der Waals surface area contributed by atoms with Crippen LogP contribution in [0.3, 0.4) is 0 Å². The van der Waals surface area contributed by atoms with Gasteiger partial charge in [0, 0.05) is 28.8 Å². The van der Waals surface area contributed by atoms with Crippen LogP contribution in [0.15, 0.2) is 48.5 Å². The molecule has 0 bridgehead atoms. The van der Waals surface area contributed by atoms with Crippen molar-refractivity contribution in [1.29, 1.82) is 0 Å². The number of benzene rings is 2. The van der Waals surface area contributed by atoms with Crippen LogP contribution in [-0.2, 0) is 11.2 Å². The standard InChI is InChI=1S/C16H15ClN2O4/c17-13-7-3-2-6-12(13)15(20)10-18-16(21)9-11-5-1-4-8-14(11)19(22)23/h1-8,15,20H,9-10H2,(H,18,21)/t15-/m1/s1. The number of carbonyl (C=O) groups excluding carboxylic acids is 1. The average Bonchev–Trinajstić information content (AvgIpc) is 2.53. The Kier molecular flexibility index (Phi) is 5.67. The molecular formula is C16H15ClN2O4. The molecule has 0 aromatic heterocycles. The number of rotatable bonds is 6. The summed E-state index contributed by atoms with van der Waals surface area (Å²) in [6, 6.07) is 12.8. The Labute approximate surface area is 137 Å². The van der Waals surface area contributed by atoms with Crippen LogP contribution in [0, 0.1) is 10.1 Å². The maximum absolute atomic E-state index is 11.9. The largest absolute Gasteiger partial charge is 0.387 e. The maximum Gasteiger partial charge on any atom is 0.273 e. The van der Waals surface area contributed by atoms with E-state index in [0.29, 0.717) is 16.1 Å². The highest BCUT2D eigenvalue weighted by atomic mass is 35.5. The molecule has 6 nitrogen and oxygen atoms in total. The number of nitro groups is 1. The number of hydrogen-bond donors (Lipinski definition) is 2. The molecule has 2 aromatic rings. The summed E-state index contributed by atoms with van der Waals surface area (Å²) in [5.74, 6) is -0.412. The maximum atomic E-state index is 11.9. The van der Waals surface area contributed by atoms with Crippen LogP contribution in [0.1, 0.15) is 17.2 Å². The Bertz CT molecular complexity index is 721. The van der Waals surface area contributed by atoms with Gasteiger partial charge in [-0.1, -0.05) is 48.0 Å². The van der Waals surface area contributed by atoms with Crippen LogP contribution in [0.25, 0.3) is 0 Å². The minimum Gasteiger partial charge on any atom is -0.387 e. The van der Waals surface area contributed by atoms with Crippen molar-refractivity contribution in [3.63, 3.8) is 0 Å². The van der Waals surface area contributed by atoms with Crippen molar-refractivity contribution in [1.82, 2.24) is 5.32 Å². The number of amides is 1. The number of nitrogens with zero attached hydrogens (tertiary/aromatic N) is 1.